The predicted octanol–water partition coefficient (Wildman–Crippen LogP) is 2.22. The van der Waals surface area contributed by atoms with Crippen molar-refractivity contribution in [2.75, 3.05) is 26.3 Å². The van der Waals surface area contributed by atoms with Gasteiger partial charge >= 0.3 is 12.1 Å². The number of hydrogen-bond donors (Lipinski definition) is 0. The number of alkyl halides is 3. The maximum Gasteiger partial charge on any atom is 0.494 e. The first-order chi connectivity index (χ1) is 9.00. The molecule has 2 rings (SSSR count). The fourth-order valence-electron chi connectivity index (χ4n) is 1.58. The molecule has 112 valence electrons. The quantitative estimate of drug-likeness (QED) is 0.575. The second-order valence-electron chi connectivity index (χ2n) is 4.25. The highest BCUT2D eigenvalue weighted by molar-refractivity contribution is 5.74. The molecule has 0 radical (unpaired) electrons. The molecule has 2 heterocycles. The van der Waals surface area contributed by atoms with Crippen molar-refractivity contribution in [3.05, 3.63) is 0 Å². The molecule has 0 aromatic rings. The molecule has 0 bridgehead atoms. The van der Waals surface area contributed by atoms with Crippen LogP contribution in [0.3, 0.4) is 0 Å². The molecule has 2 saturated heterocycles. The largest absolute Gasteiger partial charge is 0.494 e. The molecule has 2 aliphatic rings. The Labute approximate surface area is 109 Å². The Morgan fingerprint density at radius 1 is 1.00 bits per heavy atom. The van der Waals surface area contributed by atoms with Gasteiger partial charge < -0.3 is 4.74 Å². The molecule has 0 saturated carbocycles. The van der Waals surface area contributed by atoms with Gasteiger partial charge in [-0.25, -0.2) is 4.79 Å². The molecule has 0 atom stereocenters. The Morgan fingerprint density at radius 3 is 2.00 bits per heavy atom. The van der Waals surface area contributed by atoms with E-state index in [1.165, 1.54) is 17.9 Å². The van der Waals surface area contributed by atoms with Gasteiger partial charge in [0.1, 0.15) is 0 Å². The van der Waals surface area contributed by atoms with Crippen molar-refractivity contribution in [2.24, 2.45) is 0 Å². The van der Waals surface area contributed by atoms with Crippen LogP contribution in [0.25, 0.3) is 0 Å². The van der Waals surface area contributed by atoms with Gasteiger partial charge in [-0.3, -0.25) is 4.89 Å². The average Bonchev–Trinajstić information content (AvgIpc) is 2.95. The number of piperidine rings is 1. The zero-order valence-electron chi connectivity index (χ0n) is 10.6. The lowest BCUT2D eigenvalue weighted by Gasteiger charge is -2.22. The molecule has 0 amide bonds. The summed E-state index contributed by atoms with van der Waals surface area (Å²) in [6.07, 6.45) is 0.204. The van der Waals surface area contributed by atoms with E-state index in [1.807, 2.05) is 0 Å². The van der Waals surface area contributed by atoms with Crippen LogP contribution in [-0.2, 0) is 19.4 Å². The third-order valence-electron chi connectivity index (χ3n) is 2.59. The van der Waals surface area contributed by atoms with Gasteiger partial charge in [-0.2, -0.15) is 13.2 Å². The van der Waals surface area contributed by atoms with Crippen LogP contribution >= 0.6 is 0 Å². The van der Waals surface area contributed by atoms with Crippen molar-refractivity contribution >= 4 is 5.97 Å². The van der Waals surface area contributed by atoms with Crippen LogP contribution in [-0.4, -0.2) is 43.5 Å². The second-order valence-corrected chi connectivity index (χ2v) is 4.25. The first-order valence-electron chi connectivity index (χ1n) is 6.28. The van der Waals surface area contributed by atoms with Crippen LogP contribution in [0.15, 0.2) is 0 Å². The van der Waals surface area contributed by atoms with E-state index in [9.17, 15) is 18.0 Å². The highest BCUT2D eigenvalue weighted by Gasteiger charge is 2.42. The molecular formula is C11H18F3NO4. The summed E-state index contributed by atoms with van der Waals surface area (Å²) in [6, 6.07) is 0. The smallest absolute Gasteiger partial charge is 0.381 e. The average molecular weight is 285 g/mol. The number of rotatable bonds is 2. The SMILES string of the molecule is C1CCOC1.O=C(OON1CCCCC1)C(F)(F)F. The van der Waals surface area contributed by atoms with E-state index in [4.69, 9.17) is 4.74 Å². The Morgan fingerprint density at radius 2 is 1.58 bits per heavy atom. The third-order valence-corrected chi connectivity index (χ3v) is 2.59. The normalized spacial score (nSPS) is 20.6. The molecule has 0 aromatic carbocycles. The molecule has 0 aliphatic carbocycles. The fraction of sp³-hybridized carbons (Fsp3) is 0.909. The van der Waals surface area contributed by atoms with Crippen molar-refractivity contribution in [3.63, 3.8) is 0 Å². The molecule has 8 heteroatoms. The van der Waals surface area contributed by atoms with E-state index in [1.54, 1.807) is 0 Å². The summed E-state index contributed by atoms with van der Waals surface area (Å²) >= 11 is 0. The predicted molar refractivity (Wildman–Crippen MR) is 58.7 cm³/mol. The molecule has 0 spiro atoms. The Hall–Kier alpha value is -0.860. The summed E-state index contributed by atoms with van der Waals surface area (Å²) in [4.78, 5) is 18.1. The van der Waals surface area contributed by atoms with Gasteiger partial charge in [-0.1, -0.05) is 11.4 Å². The topological polar surface area (TPSA) is 48.0 Å². The lowest BCUT2D eigenvalue weighted by molar-refractivity contribution is -0.410. The molecule has 5 nitrogen and oxygen atoms in total. The van der Waals surface area contributed by atoms with Crippen LogP contribution in [0.2, 0.25) is 0 Å². The zero-order valence-corrected chi connectivity index (χ0v) is 10.6. The zero-order chi connectivity index (χ0) is 14.1. The van der Waals surface area contributed by atoms with Crippen LogP contribution < -0.4 is 0 Å². The summed E-state index contributed by atoms with van der Waals surface area (Å²) in [5.74, 6) is -2.33. The van der Waals surface area contributed by atoms with E-state index >= 15 is 0 Å². The van der Waals surface area contributed by atoms with Crippen molar-refractivity contribution < 1.29 is 32.6 Å². The van der Waals surface area contributed by atoms with Gasteiger partial charge in [0.25, 0.3) is 0 Å². The summed E-state index contributed by atoms with van der Waals surface area (Å²) in [5.41, 5.74) is 0. The lowest BCUT2D eigenvalue weighted by atomic mass is 10.2. The maximum atomic E-state index is 11.6. The summed E-state index contributed by atoms with van der Waals surface area (Å²) in [6.45, 7) is 2.95. The first kappa shape index (κ1) is 16.2. The number of carbonyl (C=O) groups is 1. The van der Waals surface area contributed by atoms with Gasteiger partial charge in [0.2, 0.25) is 0 Å². The molecule has 0 unspecified atom stereocenters. The molecule has 19 heavy (non-hydrogen) atoms. The lowest BCUT2D eigenvalue weighted by Crippen LogP contribution is -2.34. The Kier molecular flexibility index (Phi) is 7.11. The number of hydrogen-bond acceptors (Lipinski definition) is 5. The van der Waals surface area contributed by atoms with Crippen LogP contribution in [0.1, 0.15) is 32.1 Å². The van der Waals surface area contributed by atoms with Crippen molar-refractivity contribution in [3.8, 4) is 0 Å². The van der Waals surface area contributed by atoms with Crippen LogP contribution in [0.4, 0.5) is 13.2 Å². The van der Waals surface area contributed by atoms with Gasteiger partial charge in [-0.05, 0) is 25.7 Å². The molecule has 0 N–H and O–H groups in total. The fourth-order valence-corrected chi connectivity index (χ4v) is 1.58. The van der Waals surface area contributed by atoms with E-state index in [0.29, 0.717) is 13.1 Å². The molecular weight excluding hydrogens is 267 g/mol. The summed E-state index contributed by atoms with van der Waals surface area (Å²) in [7, 11) is 0. The number of halogens is 3. The number of ether oxygens (including phenoxy) is 1. The maximum absolute atomic E-state index is 11.6. The standard InChI is InChI=1S/C7H10F3NO3.C4H8O/c8-7(9,10)6(12)13-14-11-4-2-1-3-5-11;1-2-4-5-3-1/h1-5H2;1-4H2. The Balaban J connectivity index is 0.000000300. The first-order valence-corrected chi connectivity index (χ1v) is 6.28. The van der Waals surface area contributed by atoms with E-state index < -0.39 is 12.1 Å². The van der Waals surface area contributed by atoms with Crippen LogP contribution in [0.5, 0.6) is 0 Å². The Bertz CT molecular complexity index is 256. The van der Waals surface area contributed by atoms with Gasteiger partial charge in [0.05, 0.1) is 0 Å². The number of hydroxylamine groups is 2. The van der Waals surface area contributed by atoms with Crippen molar-refractivity contribution in [1.29, 1.82) is 0 Å². The van der Waals surface area contributed by atoms with Gasteiger partial charge in [0.15, 0.2) is 0 Å². The molecule has 2 fully saturated rings. The minimum atomic E-state index is -5.00. The molecule has 2 aliphatic heterocycles. The number of nitrogens with zero attached hydrogens (tertiary/aromatic N) is 1. The van der Waals surface area contributed by atoms with Crippen molar-refractivity contribution in [2.45, 2.75) is 38.3 Å². The van der Waals surface area contributed by atoms with Crippen molar-refractivity contribution in [1.82, 2.24) is 5.06 Å². The second kappa shape index (κ2) is 8.34. The minimum Gasteiger partial charge on any atom is -0.381 e. The van der Waals surface area contributed by atoms with Gasteiger partial charge in [0, 0.05) is 26.3 Å². The summed E-state index contributed by atoms with van der Waals surface area (Å²) < 4.78 is 39.8. The molecule has 0 aromatic heterocycles. The van der Waals surface area contributed by atoms with E-state index in [2.05, 4.69) is 9.88 Å². The third kappa shape index (κ3) is 7.34. The highest BCUT2D eigenvalue weighted by atomic mass is 19.4. The summed E-state index contributed by atoms with van der Waals surface area (Å²) in [5, 5.41) is 1.20. The highest BCUT2D eigenvalue weighted by Crippen LogP contribution is 2.17. The van der Waals surface area contributed by atoms with E-state index in [0.717, 1.165) is 32.5 Å². The number of carbonyl (C=O) groups excluding carboxylic acids is 1. The monoisotopic (exact) mass is 285 g/mol. The minimum absolute atomic E-state index is 0.477. The van der Waals surface area contributed by atoms with Crippen LogP contribution in [0, 0.1) is 0 Å². The van der Waals surface area contributed by atoms with Gasteiger partial charge in [-0.15, -0.1) is 5.06 Å². The van der Waals surface area contributed by atoms with E-state index in [-0.39, 0.29) is 0 Å².